The molecule has 0 bridgehead atoms. The molecule has 0 atom stereocenters. The van der Waals surface area contributed by atoms with Gasteiger partial charge in [0, 0.05) is 25.7 Å². The van der Waals surface area contributed by atoms with E-state index in [1.54, 1.807) is 0 Å². The zero-order valence-electron chi connectivity index (χ0n) is 12.8. The molecule has 0 amide bonds. The average Bonchev–Trinajstić information content (AvgIpc) is 3.31. The van der Waals surface area contributed by atoms with Crippen LogP contribution in [0.3, 0.4) is 0 Å². The monoisotopic (exact) mass is 278 g/mol. The lowest BCUT2D eigenvalue weighted by Gasteiger charge is -2.31. The standard InChI is InChI=1S/C16H30N4/c17-16(20-9-3-1-2-4-10-20)18-13-14-7-11-19(12-8-14)15-5-6-15/h14-15H,1-13H2,(H2,17,18). The number of hydrogen-bond acceptors (Lipinski definition) is 2. The van der Waals surface area contributed by atoms with Gasteiger partial charge in [-0.15, -0.1) is 0 Å². The van der Waals surface area contributed by atoms with Crippen molar-refractivity contribution in [1.82, 2.24) is 9.80 Å². The molecule has 0 radical (unpaired) electrons. The Balaban J connectivity index is 1.42. The SMILES string of the molecule is NC(=NCC1CCN(C2CC2)CC1)N1CCCCCC1. The smallest absolute Gasteiger partial charge is 0.191 e. The second kappa shape index (κ2) is 6.79. The second-order valence-electron chi connectivity index (χ2n) is 6.81. The van der Waals surface area contributed by atoms with Gasteiger partial charge in [0.05, 0.1) is 0 Å². The predicted octanol–water partition coefficient (Wildman–Crippen LogP) is 2.05. The first kappa shape index (κ1) is 14.2. The average molecular weight is 278 g/mol. The Morgan fingerprint density at radius 1 is 0.900 bits per heavy atom. The van der Waals surface area contributed by atoms with Gasteiger partial charge in [-0.2, -0.15) is 0 Å². The molecule has 0 aromatic carbocycles. The first-order valence-corrected chi connectivity index (χ1v) is 8.62. The van der Waals surface area contributed by atoms with E-state index >= 15 is 0 Å². The van der Waals surface area contributed by atoms with Gasteiger partial charge in [-0.05, 0) is 57.5 Å². The number of rotatable bonds is 3. The van der Waals surface area contributed by atoms with Crippen LogP contribution < -0.4 is 5.73 Å². The van der Waals surface area contributed by atoms with Gasteiger partial charge in [0.2, 0.25) is 0 Å². The molecule has 3 aliphatic rings. The number of guanidine groups is 1. The van der Waals surface area contributed by atoms with E-state index in [2.05, 4.69) is 9.80 Å². The fourth-order valence-corrected chi connectivity index (χ4v) is 3.56. The summed E-state index contributed by atoms with van der Waals surface area (Å²) in [4.78, 5) is 9.68. The Bertz CT molecular complexity index is 321. The van der Waals surface area contributed by atoms with E-state index in [1.807, 2.05) is 0 Å². The molecule has 4 nitrogen and oxygen atoms in total. The molecule has 0 spiro atoms. The summed E-state index contributed by atoms with van der Waals surface area (Å²) in [6.07, 6.45) is 10.7. The summed E-state index contributed by atoms with van der Waals surface area (Å²) in [6, 6.07) is 0.932. The highest BCUT2D eigenvalue weighted by molar-refractivity contribution is 5.78. The van der Waals surface area contributed by atoms with Gasteiger partial charge in [0.15, 0.2) is 5.96 Å². The molecule has 20 heavy (non-hydrogen) atoms. The predicted molar refractivity (Wildman–Crippen MR) is 83.8 cm³/mol. The lowest BCUT2D eigenvalue weighted by molar-refractivity contribution is 0.179. The summed E-state index contributed by atoms with van der Waals surface area (Å²) in [5.41, 5.74) is 6.19. The van der Waals surface area contributed by atoms with Gasteiger partial charge in [-0.3, -0.25) is 4.99 Å². The molecule has 1 saturated carbocycles. The maximum atomic E-state index is 6.19. The first-order valence-electron chi connectivity index (χ1n) is 8.62. The second-order valence-corrected chi connectivity index (χ2v) is 6.81. The largest absolute Gasteiger partial charge is 0.370 e. The highest BCUT2D eigenvalue weighted by atomic mass is 15.2. The highest BCUT2D eigenvalue weighted by Gasteiger charge is 2.31. The third kappa shape index (κ3) is 3.87. The molecule has 3 fully saturated rings. The van der Waals surface area contributed by atoms with Crippen molar-refractivity contribution in [2.45, 2.75) is 57.4 Å². The maximum absolute atomic E-state index is 6.19. The molecule has 3 rings (SSSR count). The molecule has 2 saturated heterocycles. The Morgan fingerprint density at radius 3 is 2.15 bits per heavy atom. The van der Waals surface area contributed by atoms with E-state index in [0.29, 0.717) is 0 Å². The van der Waals surface area contributed by atoms with Gasteiger partial charge in [-0.1, -0.05) is 12.8 Å². The van der Waals surface area contributed by atoms with Crippen molar-refractivity contribution in [1.29, 1.82) is 0 Å². The van der Waals surface area contributed by atoms with Crippen LogP contribution in [0.5, 0.6) is 0 Å². The normalized spacial score (nSPS) is 27.6. The summed E-state index contributed by atoms with van der Waals surface area (Å²) in [6.45, 7) is 5.73. The van der Waals surface area contributed by atoms with Crippen molar-refractivity contribution in [3.8, 4) is 0 Å². The number of piperidine rings is 1. The first-order chi connectivity index (χ1) is 9.83. The number of aliphatic imine (C=N–C) groups is 1. The van der Waals surface area contributed by atoms with E-state index in [0.717, 1.165) is 37.6 Å². The van der Waals surface area contributed by atoms with Gasteiger partial charge in [0.25, 0.3) is 0 Å². The Hall–Kier alpha value is -0.770. The number of nitrogens with two attached hydrogens (primary N) is 1. The van der Waals surface area contributed by atoms with Crippen molar-refractivity contribution in [2.24, 2.45) is 16.6 Å². The van der Waals surface area contributed by atoms with Gasteiger partial charge in [-0.25, -0.2) is 0 Å². The Morgan fingerprint density at radius 2 is 1.55 bits per heavy atom. The minimum atomic E-state index is 0.760. The van der Waals surface area contributed by atoms with Crippen LogP contribution in [0.25, 0.3) is 0 Å². The third-order valence-electron chi connectivity index (χ3n) is 5.15. The summed E-state index contributed by atoms with van der Waals surface area (Å²) in [5.74, 6) is 1.56. The molecule has 2 heterocycles. The minimum absolute atomic E-state index is 0.760. The van der Waals surface area contributed by atoms with Crippen molar-refractivity contribution in [3.63, 3.8) is 0 Å². The Labute approximate surface area is 123 Å². The lowest BCUT2D eigenvalue weighted by atomic mass is 9.97. The van der Waals surface area contributed by atoms with E-state index in [9.17, 15) is 0 Å². The fourth-order valence-electron chi connectivity index (χ4n) is 3.56. The van der Waals surface area contributed by atoms with E-state index in [4.69, 9.17) is 10.7 Å². The lowest BCUT2D eigenvalue weighted by Crippen LogP contribution is -2.39. The zero-order chi connectivity index (χ0) is 13.8. The highest BCUT2D eigenvalue weighted by Crippen LogP contribution is 2.30. The zero-order valence-corrected chi connectivity index (χ0v) is 12.8. The molecule has 2 aliphatic heterocycles. The van der Waals surface area contributed by atoms with Crippen LogP contribution in [0.2, 0.25) is 0 Å². The quantitative estimate of drug-likeness (QED) is 0.635. The molecule has 0 aromatic rings. The molecular weight excluding hydrogens is 248 g/mol. The van der Waals surface area contributed by atoms with Crippen LogP contribution in [0.1, 0.15) is 51.4 Å². The maximum Gasteiger partial charge on any atom is 0.191 e. The van der Waals surface area contributed by atoms with E-state index in [-0.39, 0.29) is 0 Å². The number of nitrogens with zero attached hydrogens (tertiary/aromatic N) is 3. The van der Waals surface area contributed by atoms with Gasteiger partial charge < -0.3 is 15.5 Å². The minimum Gasteiger partial charge on any atom is -0.370 e. The van der Waals surface area contributed by atoms with Crippen LogP contribution >= 0.6 is 0 Å². The Kier molecular flexibility index (Phi) is 4.81. The van der Waals surface area contributed by atoms with Gasteiger partial charge in [0.1, 0.15) is 0 Å². The van der Waals surface area contributed by atoms with Crippen LogP contribution in [-0.4, -0.2) is 54.5 Å². The number of hydrogen-bond donors (Lipinski definition) is 1. The summed E-state index contributed by atoms with van der Waals surface area (Å²) in [5, 5.41) is 0. The van der Waals surface area contributed by atoms with Crippen LogP contribution in [0.15, 0.2) is 4.99 Å². The van der Waals surface area contributed by atoms with Gasteiger partial charge >= 0.3 is 0 Å². The number of likely N-dealkylation sites (tertiary alicyclic amines) is 2. The van der Waals surface area contributed by atoms with Crippen LogP contribution in [0.4, 0.5) is 0 Å². The molecule has 0 aromatic heterocycles. The van der Waals surface area contributed by atoms with Crippen LogP contribution in [0, 0.1) is 5.92 Å². The molecule has 4 heteroatoms. The summed E-state index contributed by atoms with van der Waals surface area (Å²) in [7, 11) is 0. The molecule has 1 aliphatic carbocycles. The third-order valence-corrected chi connectivity index (χ3v) is 5.15. The van der Waals surface area contributed by atoms with Crippen molar-refractivity contribution in [3.05, 3.63) is 0 Å². The van der Waals surface area contributed by atoms with Crippen molar-refractivity contribution < 1.29 is 0 Å². The van der Waals surface area contributed by atoms with Crippen molar-refractivity contribution >= 4 is 5.96 Å². The summed E-state index contributed by atoms with van der Waals surface area (Å²) >= 11 is 0. The summed E-state index contributed by atoms with van der Waals surface area (Å²) < 4.78 is 0. The molecule has 2 N–H and O–H groups in total. The topological polar surface area (TPSA) is 44.9 Å². The van der Waals surface area contributed by atoms with Crippen LogP contribution in [-0.2, 0) is 0 Å². The fraction of sp³-hybridized carbons (Fsp3) is 0.938. The van der Waals surface area contributed by atoms with Crippen molar-refractivity contribution in [2.75, 3.05) is 32.7 Å². The van der Waals surface area contributed by atoms with E-state index < -0.39 is 0 Å². The molecule has 114 valence electrons. The molecule has 0 unspecified atom stereocenters. The van der Waals surface area contributed by atoms with E-state index in [1.165, 1.54) is 64.5 Å². The molecular formula is C16H30N4.